The fourth-order valence-corrected chi connectivity index (χ4v) is 2.35. The van der Waals surface area contributed by atoms with Gasteiger partial charge in [0.05, 0.1) is 6.04 Å². The van der Waals surface area contributed by atoms with Crippen LogP contribution in [-0.2, 0) is 17.8 Å². The lowest BCUT2D eigenvalue weighted by atomic mass is 9.95. The number of amides is 1. The molecule has 0 aromatic heterocycles. The van der Waals surface area contributed by atoms with Crippen LogP contribution in [0.2, 0.25) is 0 Å². The van der Waals surface area contributed by atoms with Gasteiger partial charge in [-0.3, -0.25) is 4.79 Å². The molecule has 3 nitrogen and oxygen atoms in total. The van der Waals surface area contributed by atoms with Crippen molar-refractivity contribution < 1.29 is 4.79 Å². The van der Waals surface area contributed by atoms with Crippen LogP contribution in [0.25, 0.3) is 0 Å². The predicted molar refractivity (Wildman–Crippen MR) is 81.4 cm³/mol. The highest BCUT2D eigenvalue weighted by molar-refractivity contribution is 7.99. The van der Waals surface area contributed by atoms with Crippen molar-refractivity contribution in [2.24, 2.45) is 0 Å². The maximum Gasteiger partial charge on any atom is 0.237 e. The molecule has 0 aliphatic carbocycles. The average molecular weight is 278 g/mol. The summed E-state index contributed by atoms with van der Waals surface area (Å²) in [6.07, 6.45) is 2.85. The van der Waals surface area contributed by atoms with Gasteiger partial charge in [-0.25, -0.2) is 0 Å². The van der Waals surface area contributed by atoms with Gasteiger partial charge < -0.3 is 10.6 Å². The third-order valence-electron chi connectivity index (χ3n) is 3.64. The number of carbonyl (C=O) groups is 1. The molecule has 1 atom stereocenters. The van der Waals surface area contributed by atoms with Gasteiger partial charge in [0.2, 0.25) is 5.91 Å². The monoisotopic (exact) mass is 278 g/mol. The number of nitrogens with one attached hydrogen (secondary N) is 2. The minimum atomic E-state index is -0.104. The molecule has 0 unspecified atom stereocenters. The van der Waals surface area contributed by atoms with Gasteiger partial charge in [0, 0.05) is 17.8 Å². The Hall–Kier alpha value is -1.00. The molecule has 0 radical (unpaired) electrons. The zero-order valence-electron chi connectivity index (χ0n) is 11.8. The molecule has 2 N–H and O–H groups in total. The van der Waals surface area contributed by atoms with Crippen LogP contribution in [-0.4, -0.2) is 29.5 Å². The molecule has 1 aromatic carbocycles. The van der Waals surface area contributed by atoms with Crippen molar-refractivity contribution in [2.45, 2.75) is 37.6 Å². The van der Waals surface area contributed by atoms with Crippen LogP contribution in [0, 0.1) is 0 Å². The Labute approximate surface area is 119 Å². The summed E-state index contributed by atoms with van der Waals surface area (Å²) in [6, 6.07) is 8.21. The van der Waals surface area contributed by atoms with Gasteiger partial charge in [-0.2, -0.15) is 11.8 Å². The first-order chi connectivity index (χ1) is 9.02. The van der Waals surface area contributed by atoms with Crippen LogP contribution >= 0.6 is 11.8 Å². The quantitative estimate of drug-likeness (QED) is 0.884. The summed E-state index contributed by atoms with van der Waals surface area (Å²) in [4.78, 5) is 12.2. The summed E-state index contributed by atoms with van der Waals surface area (Å²) in [7, 11) is 0. The van der Waals surface area contributed by atoms with E-state index in [4.69, 9.17) is 0 Å². The summed E-state index contributed by atoms with van der Waals surface area (Å²) in [5.74, 6) is 0.108. The second-order valence-corrected chi connectivity index (χ2v) is 7.10. The summed E-state index contributed by atoms with van der Waals surface area (Å²) >= 11 is 1.77. The fourth-order valence-electron chi connectivity index (χ4n) is 2.14. The Morgan fingerprint density at radius 2 is 2.11 bits per heavy atom. The number of carbonyl (C=O) groups excluding carboxylic acids is 1. The molecule has 1 aromatic rings. The Morgan fingerprint density at radius 1 is 1.42 bits per heavy atom. The molecule has 0 saturated heterocycles. The molecule has 0 fully saturated rings. The van der Waals surface area contributed by atoms with E-state index in [1.165, 1.54) is 11.1 Å². The van der Waals surface area contributed by atoms with E-state index in [9.17, 15) is 4.79 Å². The predicted octanol–water partition coefficient (Wildman–Crippen LogP) is 1.96. The number of thioether (sulfide) groups is 1. The number of rotatable bonds is 4. The van der Waals surface area contributed by atoms with E-state index in [1.54, 1.807) is 11.8 Å². The maximum atomic E-state index is 12.2. The largest absolute Gasteiger partial charge is 0.353 e. The Balaban J connectivity index is 1.92. The Morgan fingerprint density at radius 3 is 2.79 bits per heavy atom. The van der Waals surface area contributed by atoms with Gasteiger partial charge in [-0.1, -0.05) is 24.3 Å². The van der Waals surface area contributed by atoms with E-state index in [2.05, 4.69) is 42.9 Å². The van der Waals surface area contributed by atoms with Gasteiger partial charge in [-0.15, -0.1) is 0 Å². The SMILES string of the molecule is CSC(C)(C)CNC(=O)[C@@H]1Cc2ccccc2CN1. The van der Waals surface area contributed by atoms with Crippen molar-refractivity contribution in [2.75, 3.05) is 12.8 Å². The fraction of sp³-hybridized carbons (Fsp3) is 0.533. The van der Waals surface area contributed by atoms with E-state index in [1.807, 2.05) is 12.1 Å². The zero-order chi connectivity index (χ0) is 13.9. The second-order valence-electron chi connectivity index (χ2n) is 5.59. The van der Waals surface area contributed by atoms with Crippen LogP contribution in [0.3, 0.4) is 0 Å². The van der Waals surface area contributed by atoms with Crippen LogP contribution in [0.1, 0.15) is 25.0 Å². The van der Waals surface area contributed by atoms with Crippen LogP contribution in [0.15, 0.2) is 24.3 Å². The van der Waals surface area contributed by atoms with Crippen LogP contribution < -0.4 is 10.6 Å². The Bertz CT molecular complexity index is 459. The summed E-state index contributed by atoms with van der Waals surface area (Å²) in [5, 5.41) is 6.36. The van der Waals surface area contributed by atoms with Crippen LogP contribution in [0.5, 0.6) is 0 Å². The molecule has 1 aliphatic rings. The summed E-state index contributed by atoms with van der Waals surface area (Å²) in [6.45, 7) is 5.76. The molecular formula is C15H22N2OS. The second kappa shape index (κ2) is 5.97. The number of benzene rings is 1. The van der Waals surface area contributed by atoms with Crippen LogP contribution in [0.4, 0.5) is 0 Å². The van der Waals surface area contributed by atoms with Crippen molar-refractivity contribution in [3.8, 4) is 0 Å². The van der Waals surface area contributed by atoms with Crippen molar-refractivity contribution >= 4 is 17.7 Å². The highest BCUT2D eigenvalue weighted by Gasteiger charge is 2.25. The molecule has 4 heteroatoms. The third kappa shape index (κ3) is 3.74. The molecule has 19 heavy (non-hydrogen) atoms. The molecule has 1 heterocycles. The Kier molecular flexibility index (Phi) is 4.53. The van der Waals surface area contributed by atoms with Gasteiger partial charge >= 0.3 is 0 Å². The van der Waals surface area contributed by atoms with E-state index >= 15 is 0 Å². The first-order valence-electron chi connectivity index (χ1n) is 6.65. The van der Waals surface area contributed by atoms with E-state index in [0.29, 0.717) is 6.54 Å². The average Bonchev–Trinajstić information content (AvgIpc) is 2.44. The lowest BCUT2D eigenvalue weighted by Gasteiger charge is -2.28. The molecule has 2 rings (SSSR count). The molecular weight excluding hydrogens is 256 g/mol. The molecule has 0 spiro atoms. The smallest absolute Gasteiger partial charge is 0.237 e. The highest BCUT2D eigenvalue weighted by Crippen LogP contribution is 2.20. The topological polar surface area (TPSA) is 41.1 Å². The maximum absolute atomic E-state index is 12.2. The minimum absolute atomic E-state index is 0.0855. The standard InChI is InChI=1S/C15H22N2OS/c1-15(2,19-3)10-17-14(18)13-8-11-6-4-5-7-12(11)9-16-13/h4-7,13,16H,8-10H2,1-3H3,(H,17,18)/t13-/m0/s1. The third-order valence-corrected chi connectivity index (χ3v) is 4.89. The van der Waals surface area contributed by atoms with Crippen molar-refractivity contribution in [3.63, 3.8) is 0 Å². The van der Waals surface area contributed by atoms with Crippen molar-refractivity contribution in [1.29, 1.82) is 0 Å². The highest BCUT2D eigenvalue weighted by atomic mass is 32.2. The van der Waals surface area contributed by atoms with E-state index in [-0.39, 0.29) is 16.7 Å². The number of hydrogen-bond acceptors (Lipinski definition) is 3. The summed E-state index contributed by atoms with van der Waals surface area (Å²) in [5.41, 5.74) is 2.58. The number of fused-ring (bicyclic) bond motifs is 1. The van der Waals surface area contributed by atoms with E-state index < -0.39 is 0 Å². The zero-order valence-corrected chi connectivity index (χ0v) is 12.6. The molecule has 0 bridgehead atoms. The lowest BCUT2D eigenvalue weighted by Crippen LogP contribution is -2.50. The van der Waals surface area contributed by atoms with Gasteiger partial charge in [0.15, 0.2) is 0 Å². The van der Waals surface area contributed by atoms with Gasteiger partial charge in [0.1, 0.15) is 0 Å². The minimum Gasteiger partial charge on any atom is -0.353 e. The molecule has 1 amide bonds. The van der Waals surface area contributed by atoms with Gasteiger partial charge in [-0.05, 0) is 37.7 Å². The van der Waals surface area contributed by atoms with Crippen molar-refractivity contribution in [1.82, 2.24) is 10.6 Å². The first kappa shape index (κ1) is 14.4. The lowest BCUT2D eigenvalue weighted by molar-refractivity contribution is -0.123. The van der Waals surface area contributed by atoms with Crippen molar-refractivity contribution in [3.05, 3.63) is 35.4 Å². The molecule has 1 aliphatic heterocycles. The number of hydrogen-bond donors (Lipinski definition) is 2. The molecule has 0 saturated carbocycles. The van der Waals surface area contributed by atoms with E-state index in [0.717, 1.165) is 13.0 Å². The molecule has 104 valence electrons. The normalized spacial score (nSPS) is 18.8. The van der Waals surface area contributed by atoms with Gasteiger partial charge in [0.25, 0.3) is 0 Å². The summed E-state index contributed by atoms with van der Waals surface area (Å²) < 4.78 is 0.0855. The first-order valence-corrected chi connectivity index (χ1v) is 7.87.